The zero-order valence-electron chi connectivity index (χ0n) is 10.8. The number of hydrogen-bond donors (Lipinski definition) is 2. The molecule has 1 aromatic carbocycles. The molecule has 102 valence electrons. The molecule has 6 nitrogen and oxygen atoms in total. The van der Waals surface area contributed by atoms with Gasteiger partial charge in [-0.25, -0.2) is 9.78 Å². The molecule has 0 amide bonds. The molecule has 0 fully saturated rings. The Balaban J connectivity index is 2.16. The number of carboxylic acids is 1. The van der Waals surface area contributed by atoms with Gasteiger partial charge in [-0.1, -0.05) is 23.9 Å². The molecular formula is C13H12N4O2S. The SMILES string of the molecule is CCCc1nnsc1-c1nc2c(C(=O)O)cccc2[nH]1. The molecule has 3 rings (SSSR count). The van der Waals surface area contributed by atoms with Crippen LogP contribution in [0, 0.1) is 0 Å². The van der Waals surface area contributed by atoms with Crippen LogP contribution in [-0.4, -0.2) is 30.6 Å². The van der Waals surface area contributed by atoms with Crippen LogP contribution >= 0.6 is 11.5 Å². The van der Waals surface area contributed by atoms with Crippen LogP contribution < -0.4 is 0 Å². The number of nitrogens with one attached hydrogen (secondary N) is 1. The summed E-state index contributed by atoms with van der Waals surface area (Å²) in [4.78, 5) is 19.6. The minimum atomic E-state index is -0.982. The molecule has 0 bridgehead atoms. The van der Waals surface area contributed by atoms with Crippen molar-refractivity contribution in [2.24, 2.45) is 0 Å². The number of aromatic amines is 1. The van der Waals surface area contributed by atoms with Gasteiger partial charge in [0.25, 0.3) is 0 Å². The van der Waals surface area contributed by atoms with Gasteiger partial charge >= 0.3 is 5.97 Å². The monoisotopic (exact) mass is 288 g/mol. The lowest BCUT2D eigenvalue weighted by atomic mass is 10.2. The fourth-order valence-electron chi connectivity index (χ4n) is 2.10. The smallest absolute Gasteiger partial charge is 0.337 e. The molecule has 2 heterocycles. The van der Waals surface area contributed by atoms with Gasteiger partial charge in [0.1, 0.15) is 10.4 Å². The fraction of sp³-hybridized carbons (Fsp3) is 0.231. The number of benzene rings is 1. The summed E-state index contributed by atoms with van der Waals surface area (Å²) in [6.07, 6.45) is 1.80. The van der Waals surface area contributed by atoms with Gasteiger partial charge in [0.05, 0.1) is 16.8 Å². The number of rotatable bonds is 4. The minimum absolute atomic E-state index is 0.194. The first-order valence-corrected chi connectivity index (χ1v) is 7.01. The topological polar surface area (TPSA) is 91.8 Å². The number of aryl methyl sites for hydroxylation is 1. The molecule has 3 aromatic rings. The summed E-state index contributed by atoms with van der Waals surface area (Å²) in [7, 11) is 0. The second-order valence-corrected chi connectivity index (χ2v) is 5.15. The molecule has 0 saturated heterocycles. The number of hydrogen-bond acceptors (Lipinski definition) is 5. The van der Waals surface area contributed by atoms with Crippen molar-refractivity contribution in [1.82, 2.24) is 19.6 Å². The van der Waals surface area contributed by atoms with Crippen LogP contribution in [-0.2, 0) is 6.42 Å². The lowest BCUT2D eigenvalue weighted by Gasteiger charge is -1.94. The van der Waals surface area contributed by atoms with Gasteiger partial charge in [-0.15, -0.1) is 5.10 Å². The summed E-state index contributed by atoms with van der Waals surface area (Å²) in [6.45, 7) is 2.07. The van der Waals surface area contributed by atoms with E-state index >= 15 is 0 Å². The second kappa shape index (κ2) is 5.01. The van der Waals surface area contributed by atoms with E-state index < -0.39 is 5.97 Å². The van der Waals surface area contributed by atoms with Gasteiger partial charge in [0.2, 0.25) is 0 Å². The van der Waals surface area contributed by atoms with Crippen LogP contribution in [0.5, 0.6) is 0 Å². The number of carbonyl (C=O) groups is 1. The summed E-state index contributed by atoms with van der Waals surface area (Å²) in [5.41, 5.74) is 2.26. The first-order chi connectivity index (χ1) is 9.70. The van der Waals surface area contributed by atoms with Crippen molar-refractivity contribution >= 4 is 28.5 Å². The molecule has 2 aromatic heterocycles. The number of fused-ring (bicyclic) bond motifs is 1. The minimum Gasteiger partial charge on any atom is -0.478 e. The molecule has 0 atom stereocenters. The molecule has 0 spiro atoms. The summed E-state index contributed by atoms with van der Waals surface area (Å²) in [5.74, 6) is -0.350. The van der Waals surface area contributed by atoms with Crippen molar-refractivity contribution in [3.63, 3.8) is 0 Å². The maximum Gasteiger partial charge on any atom is 0.337 e. The normalized spacial score (nSPS) is 11.1. The third-order valence-corrected chi connectivity index (χ3v) is 3.78. The quantitative estimate of drug-likeness (QED) is 0.770. The van der Waals surface area contributed by atoms with Crippen LogP contribution in [0.4, 0.5) is 0 Å². The molecule has 20 heavy (non-hydrogen) atoms. The predicted molar refractivity (Wildman–Crippen MR) is 76.0 cm³/mol. The lowest BCUT2D eigenvalue weighted by molar-refractivity contribution is 0.0699. The highest BCUT2D eigenvalue weighted by molar-refractivity contribution is 7.09. The number of nitrogens with zero attached hydrogens (tertiary/aromatic N) is 3. The van der Waals surface area contributed by atoms with E-state index in [0.29, 0.717) is 16.9 Å². The van der Waals surface area contributed by atoms with Gasteiger partial charge in [-0.3, -0.25) is 0 Å². The van der Waals surface area contributed by atoms with Gasteiger partial charge in [0, 0.05) is 0 Å². The Morgan fingerprint density at radius 3 is 3.05 bits per heavy atom. The van der Waals surface area contributed by atoms with E-state index in [0.717, 1.165) is 23.4 Å². The molecule has 0 aliphatic heterocycles. The molecule has 0 radical (unpaired) electrons. The lowest BCUT2D eigenvalue weighted by Crippen LogP contribution is -1.96. The van der Waals surface area contributed by atoms with E-state index in [2.05, 4.69) is 26.5 Å². The van der Waals surface area contributed by atoms with E-state index in [1.807, 2.05) is 6.07 Å². The first-order valence-electron chi connectivity index (χ1n) is 6.24. The van der Waals surface area contributed by atoms with E-state index in [9.17, 15) is 9.90 Å². The number of H-pyrrole nitrogens is 1. The molecular weight excluding hydrogens is 276 g/mol. The third kappa shape index (κ3) is 2.05. The van der Waals surface area contributed by atoms with Crippen molar-refractivity contribution in [3.05, 3.63) is 29.5 Å². The van der Waals surface area contributed by atoms with Crippen LogP contribution in [0.15, 0.2) is 18.2 Å². The van der Waals surface area contributed by atoms with Crippen molar-refractivity contribution in [2.75, 3.05) is 0 Å². The number of aromatic nitrogens is 4. The van der Waals surface area contributed by atoms with Crippen LogP contribution in [0.3, 0.4) is 0 Å². The molecule has 0 unspecified atom stereocenters. The van der Waals surface area contributed by atoms with E-state index in [1.54, 1.807) is 12.1 Å². The summed E-state index contributed by atoms with van der Waals surface area (Å²) >= 11 is 1.27. The zero-order chi connectivity index (χ0) is 14.1. The Labute approximate surface area is 118 Å². The van der Waals surface area contributed by atoms with Crippen molar-refractivity contribution in [3.8, 4) is 10.7 Å². The number of carboxylic acid groups (broad SMARTS) is 1. The summed E-state index contributed by atoms with van der Waals surface area (Å²) in [6, 6.07) is 5.06. The molecule has 7 heteroatoms. The Hall–Kier alpha value is -2.28. The largest absolute Gasteiger partial charge is 0.478 e. The predicted octanol–water partition coefficient (Wildman–Crippen LogP) is 2.73. The number of imidazole rings is 1. The highest BCUT2D eigenvalue weighted by atomic mass is 32.1. The molecule has 0 aliphatic carbocycles. The summed E-state index contributed by atoms with van der Waals surface area (Å²) < 4.78 is 3.96. The Morgan fingerprint density at radius 2 is 2.30 bits per heavy atom. The zero-order valence-corrected chi connectivity index (χ0v) is 11.6. The third-order valence-electron chi connectivity index (χ3n) is 3.00. The Kier molecular flexibility index (Phi) is 3.19. The van der Waals surface area contributed by atoms with Crippen LogP contribution in [0.1, 0.15) is 29.4 Å². The highest BCUT2D eigenvalue weighted by Gasteiger charge is 2.17. The molecule has 2 N–H and O–H groups in total. The van der Waals surface area contributed by atoms with Crippen molar-refractivity contribution in [2.45, 2.75) is 19.8 Å². The van der Waals surface area contributed by atoms with Crippen LogP contribution in [0.25, 0.3) is 21.7 Å². The average Bonchev–Trinajstić information content (AvgIpc) is 3.03. The number of aromatic carboxylic acids is 1. The average molecular weight is 288 g/mol. The van der Waals surface area contributed by atoms with E-state index in [4.69, 9.17) is 0 Å². The van der Waals surface area contributed by atoms with E-state index in [1.165, 1.54) is 11.5 Å². The first kappa shape index (κ1) is 12.7. The summed E-state index contributed by atoms with van der Waals surface area (Å²) in [5, 5.41) is 13.3. The van der Waals surface area contributed by atoms with Gasteiger partial charge < -0.3 is 10.1 Å². The molecule has 0 saturated carbocycles. The van der Waals surface area contributed by atoms with Gasteiger partial charge in [0.15, 0.2) is 5.82 Å². The standard InChI is InChI=1S/C13H12N4O2S/c1-2-4-9-11(20-17-16-9)12-14-8-6-3-5-7(13(18)19)10(8)15-12/h3,5-6H,2,4H2,1H3,(H,14,15)(H,18,19). The second-order valence-electron chi connectivity index (χ2n) is 4.39. The van der Waals surface area contributed by atoms with Gasteiger partial charge in [-0.05, 0) is 30.1 Å². The maximum atomic E-state index is 11.2. The highest BCUT2D eigenvalue weighted by Crippen LogP contribution is 2.27. The van der Waals surface area contributed by atoms with Gasteiger partial charge in [-0.2, -0.15) is 0 Å². The van der Waals surface area contributed by atoms with Crippen molar-refractivity contribution < 1.29 is 9.90 Å². The number of para-hydroxylation sites is 1. The Morgan fingerprint density at radius 1 is 1.45 bits per heavy atom. The molecule has 0 aliphatic rings. The van der Waals surface area contributed by atoms with E-state index in [-0.39, 0.29) is 5.56 Å². The Bertz CT molecular complexity index is 778. The van der Waals surface area contributed by atoms with Crippen LogP contribution in [0.2, 0.25) is 0 Å². The fourth-order valence-corrected chi connectivity index (χ4v) is 2.75. The maximum absolute atomic E-state index is 11.2. The van der Waals surface area contributed by atoms with Crippen molar-refractivity contribution in [1.29, 1.82) is 0 Å².